The van der Waals surface area contributed by atoms with Gasteiger partial charge in [-0.3, -0.25) is 9.69 Å². The number of nitrogens with one attached hydrogen (secondary N) is 1. The predicted octanol–water partition coefficient (Wildman–Crippen LogP) is 1.52. The molecule has 120 valence electrons. The lowest BCUT2D eigenvalue weighted by Gasteiger charge is -2.37. The highest BCUT2D eigenvalue weighted by Gasteiger charge is 2.40. The molecule has 3 rings (SSSR count). The molecule has 0 bridgehead atoms. The van der Waals surface area contributed by atoms with E-state index < -0.39 is 0 Å². The molecule has 3 fully saturated rings. The number of hydrogen-bond acceptors (Lipinski definition) is 4. The number of nitrogens with zero attached hydrogens (tertiary/aromatic N) is 1. The van der Waals surface area contributed by atoms with Gasteiger partial charge in [-0.2, -0.15) is 0 Å². The van der Waals surface area contributed by atoms with E-state index in [4.69, 9.17) is 9.47 Å². The molecule has 2 saturated heterocycles. The van der Waals surface area contributed by atoms with Gasteiger partial charge in [-0.25, -0.2) is 0 Å². The van der Waals surface area contributed by atoms with Crippen molar-refractivity contribution >= 4 is 5.91 Å². The summed E-state index contributed by atoms with van der Waals surface area (Å²) < 4.78 is 11.4. The molecule has 1 N–H and O–H groups in total. The van der Waals surface area contributed by atoms with Crippen molar-refractivity contribution in [3.8, 4) is 0 Å². The van der Waals surface area contributed by atoms with Crippen molar-refractivity contribution in [2.24, 2.45) is 5.92 Å². The first-order chi connectivity index (χ1) is 10.2. The molecule has 5 heteroatoms. The summed E-state index contributed by atoms with van der Waals surface area (Å²) in [6.07, 6.45) is 6.51. The Morgan fingerprint density at radius 2 is 1.76 bits per heavy atom. The summed E-state index contributed by atoms with van der Waals surface area (Å²) in [5, 5.41) is 3.20. The Balaban J connectivity index is 1.38. The van der Waals surface area contributed by atoms with E-state index in [9.17, 15) is 4.79 Å². The largest absolute Gasteiger partial charge is 0.352 e. The SMILES string of the molecule is CC1CCC(NC(=O)CN2CCC3(CC2)OCCO3)CC1. The minimum Gasteiger partial charge on any atom is -0.352 e. The average Bonchev–Trinajstić information content (AvgIpc) is 2.93. The number of hydrogen-bond donors (Lipinski definition) is 1. The maximum absolute atomic E-state index is 12.2. The van der Waals surface area contributed by atoms with Crippen molar-refractivity contribution in [3.05, 3.63) is 0 Å². The fourth-order valence-corrected chi connectivity index (χ4v) is 3.72. The van der Waals surface area contributed by atoms with Crippen LogP contribution in [0.3, 0.4) is 0 Å². The summed E-state index contributed by atoms with van der Waals surface area (Å²) in [5.41, 5.74) is 0. The molecule has 0 atom stereocenters. The van der Waals surface area contributed by atoms with Crippen LogP contribution >= 0.6 is 0 Å². The molecule has 0 unspecified atom stereocenters. The molecule has 0 aromatic carbocycles. The second kappa shape index (κ2) is 6.63. The molecule has 1 aliphatic carbocycles. The molecule has 1 saturated carbocycles. The highest BCUT2D eigenvalue weighted by atomic mass is 16.7. The van der Waals surface area contributed by atoms with Gasteiger partial charge in [0, 0.05) is 32.0 Å². The topological polar surface area (TPSA) is 50.8 Å². The van der Waals surface area contributed by atoms with E-state index in [0.29, 0.717) is 25.8 Å². The number of rotatable bonds is 3. The van der Waals surface area contributed by atoms with Crippen LogP contribution in [-0.2, 0) is 14.3 Å². The van der Waals surface area contributed by atoms with Gasteiger partial charge in [0.2, 0.25) is 5.91 Å². The zero-order valence-corrected chi connectivity index (χ0v) is 13.1. The van der Waals surface area contributed by atoms with Crippen LogP contribution in [0, 0.1) is 5.92 Å². The van der Waals surface area contributed by atoms with Gasteiger partial charge in [0.05, 0.1) is 19.8 Å². The Morgan fingerprint density at radius 3 is 2.38 bits per heavy atom. The molecule has 21 heavy (non-hydrogen) atoms. The van der Waals surface area contributed by atoms with Gasteiger partial charge >= 0.3 is 0 Å². The monoisotopic (exact) mass is 296 g/mol. The number of amides is 1. The summed E-state index contributed by atoms with van der Waals surface area (Å²) in [6.45, 7) is 6.00. The third-order valence-corrected chi connectivity index (χ3v) is 5.18. The van der Waals surface area contributed by atoms with E-state index in [1.54, 1.807) is 0 Å². The summed E-state index contributed by atoms with van der Waals surface area (Å²) >= 11 is 0. The first kappa shape index (κ1) is 15.3. The molecule has 0 radical (unpaired) electrons. The summed E-state index contributed by atoms with van der Waals surface area (Å²) in [6, 6.07) is 0.395. The van der Waals surface area contributed by atoms with Gasteiger partial charge in [-0.1, -0.05) is 6.92 Å². The van der Waals surface area contributed by atoms with Crippen LogP contribution < -0.4 is 5.32 Å². The summed E-state index contributed by atoms with van der Waals surface area (Å²) in [4.78, 5) is 14.4. The highest BCUT2D eigenvalue weighted by Crippen LogP contribution is 2.31. The Morgan fingerprint density at radius 1 is 1.14 bits per heavy atom. The first-order valence-electron chi connectivity index (χ1n) is 8.45. The fraction of sp³-hybridized carbons (Fsp3) is 0.938. The van der Waals surface area contributed by atoms with E-state index >= 15 is 0 Å². The van der Waals surface area contributed by atoms with Crippen molar-refractivity contribution in [3.63, 3.8) is 0 Å². The summed E-state index contributed by atoms with van der Waals surface area (Å²) in [5.74, 6) is 0.661. The quantitative estimate of drug-likeness (QED) is 0.858. The van der Waals surface area contributed by atoms with E-state index in [2.05, 4.69) is 17.1 Å². The lowest BCUT2D eigenvalue weighted by atomic mass is 9.87. The van der Waals surface area contributed by atoms with Gasteiger partial charge in [-0.15, -0.1) is 0 Å². The second-order valence-corrected chi connectivity index (χ2v) is 6.91. The Labute approximate surface area is 127 Å². The van der Waals surface area contributed by atoms with Crippen LogP contribution in [0.1, 0.15) is 45.4 Å². The predicted molar refractivity (Wildman–Crippen MR) is 79.9 cm³/mol. The Kier molecular flexibility index (Phi) is 4.82. The zero-order chi connectivity index (χ0) is 14.7. The van der Waals surface area contributed by atoms with Crippen molar-refractivity contribution in [2.45, 2.75) is 57.3 Å². The molecule has 2 heterocycles. The molecule has 0 aromatic heterocycles. The number of carbonyl (C=O) groups excluding carboxylic acids is 1. The normalized spacial score (nSPS) is 33.2. The minimum atomic E-state index is -0.341. The smallest absolute Gasteiger partial charge is 0.234 e. The molecule has 0 aromatic rings. The molecule has 1 amide bonds. The Hall–Kier alpha value is -0.650. The zero-order valence-electron chi connectivity index (χ0n) is 13.1. The van der Waals surface area contributed by atoms with Gasteiger partial charge in [-0.05, 0) is 31.6 Å². The van der Waals surface area contributed by atoms with Gasteiger partial charge in [0.15, 0.2) is 5.79 Å². The van der Waals surface area contributed by atoms with Crippen LogP contribution in [0.4, 0.5) is 0 Å². The molecule has 2 aliphatic heterocycles. The lowest BCUT2D eigenvalue weighted by Crippen LogP contribution is -2.49. The van der Waals surface area contributed by atoms with Crippen LogP contribution in [0.5, 0.6) is 0 Å². The van der Waals surface area contributed by atoms with Crippen molar-refractivity contribution in [1.82, 2.24) is 10.2 Å². The number of piperidine rings is 1. The molecule has 5 nitrogen and oxygen atoms in total. The van der Waals surface area contributed by atoms with E-state index in [0.717, 1.165) is 44.7 Å². The molecule has 1 spiro atoms. The number of carbonyl (C=O) groups is 1. The lowest BCUT2D eigenvalue weighted by molar-refractivity contribution is -0.185. The van der Waals surface area contributed by atoms with Crippen molar-refractivity contribution < 1.29 is 14.3 Å². The fourth-order valence-electron chi connectivity index (χ4n) is 3.72. The third kappa shape index (κ3) is 3.96. The van der Waals surface area contributed by atoms with Gasteiger partial charge < -0.3 is 14.8 Å². The molecular weight excluding hydrogens is 268 g/mol. The average molecular weight is 296 g/mol. The minimum absolute atomic E-state index is 0.179. The maximum atomic E-state index is 12.2. The van der Waals surface area contributed by atoms with Crippen LogP contribution in [0.25, 0.3) is 0 Å². The maximum Gasteiger partial charge on any atom is 0.234 e. The highest BCUT2D eigenvalue weighted by molar-refractivity contribution is 5.78. The number of ether oxygens (including phenoxy) is 2. The van der Waals surface area contributed by atoms with Gasteiger partial charge in [0.25, 0.3) is 0 Å². The standard InChI is InChI=1S/C16H28N2O3/c1-13-2-4-14(5-3-13)17-15(19)12-18-8-6-16(7-9-18)20-10-11-21-16/h13-14H,2-12H2,1H3,(H,17,19). The Bertz CT molecular complexity index is 351. The molecular formula is C16H28N2O3. The van der Waals surface area contributed by atoms with Crippen LogP contribution in [0.15, 0.2) is 0 Å². The number of likely N-dealkylation sites (tertiary alicyclic amines) is 1. The van der Waals surface area contributed by atoms with Crippen LogP contribution in [0.2, 0.25) is 0 Å². The second-order valence-electron chi connectivity index (χ2n) is 6.91. The molecule has 3 aliphatic rings. The van der Waals surface area contributed by atoms with E-state index in [1.807, 2.05) is 0 Å². The third-order valence-electron chi connectivity index (χ3n) is 5.18. The summed E-state index contributed by atoms with van der Waals surface area (Å²) in [7, 11) is 0. The van der Waals surface area contributed by atoms with Gasteiger partial charge in [0.1, 0.15) is 0 Å². The van der Waals surface area contributed by atoms with E-state index in [-0.39, 0.29) is 11.7 Å². The van der Waals surface area contributed by atoms with E-state index in [1.165, 1.54) is 12.8 Å². The van der Waals surface area contributed by atoms with Crippen molar-refractivity contribution in [1.29, 1.82) is 0 Å². The van der Waals surface area contributed by atoms with Crippen LogP contribution in [-0.4, -0.2) is 55.5 Å². The van der Waals surface area contributed by atoms with Crippen molar-refractivity contribution in [2.75, 3.05) is 32.8 Å². The first-order valence-corrected chi connectivity index (χ1v) is 8.45.